The Morgan fingerprint density at radius 3 is 2.18 bits per heavy atom. The van der Waals surface area contributed by atoms with Crippen LogP contribution in [0.3, 0.4) is 0 Å². The Labute approximate surface area is 194 Å². The molecule has 2 saturated carbocycles. The number of aryl methyl sites for hydroxylation is 1. The SMILES string of the molecule is C=CCCC1CCC2CC(c3ccc(C#Cc4ccc(C)c(F)c4F)c(F)c3F)CCC2C1. The Morgan fingerprint density at radius 1 is 0.818 bits per heavy atom. The van der Waals surface area contributed by atoms with Crippen LogP contribution in [0.25, 0.3) is 0 Å². The van der Waals surface area contributed by atoms with Crippen LogP contribution < -0.4 is 0 Å². The Morgan fingerprint density at radius 2 is 1.45 bits per heavy atom. The standard InChI is InChI=1S/C29H30F4/c1-3-4-5-19-7-9-23-17-24(13-12-22(23)16-19)25-15-14-21(28(32)29(25)33)11-10-20-8-6-18(2)26(30)27(20)31/h3,6,8,14-15,19,22-24H,1,4-5,7,9,12-13,16-17H2,2H3. The first-order valence-electron chi connectivity index (χ1n) is 11.9. The van der Waals surface area contributed by atoms with Crippen LogP contribution in [0.15, 0.2) is 36.9 Å². The highest BCUT2D eigenvalue weighted by Gasteiger charge is 2.36. The monoisotopic (exact) mass is 454 g/mol. The summed E-state index contributed by atoms with van der Waals surface area (Å²) in [6, 6.07) is 5.83. The predicted molar refractivity (Wildman–Crippen MR) is 124 cm³/mol. The lowest BCUT2D eigenvalue weighted by molar-refractivity contribution is 0.114. The van der Waals surface area contributed by atoms with E-state index in [-0.39, 0.29) is 22.6 Å². The minimum Gasteiger partial charge on any atom is -0.203 e. The molecule has 0 aromatic heterocycles. The summed E-state index contributed by atoms with van der Waals surface area (Å²) in [6.07, 6.45) is 10.7. The van der Waals surface area contributed by atoms with Gasteiger partial charge >= 0.3 is 0 Å². The summed E-state index contributed by atoms with van der Waals surface area (Å²) in [5.74, 6) is 3.03. The molecule has 2 aromatic rings. The minimum absolute atomic E-state index is 0.0103. The molecule has 2 aliphatic rings. The lowest BCUT2D eigenvalue weighted by atomic mass is 9.63. The van der Waals surface area contributed by atoms with E-state index in [4.69, 9.17) is 0 Å². The van der Waals surface area contributed by atoms with Crippen molar-refractivity contribution in [1.29, 1.82) is 0 Å². The zero-order valence-corrected chi connectivity index (χ0v) is 19.1. The average Bonchev–Trinajstić information content (AvgIpc) is 2.83. The van der Waals surface area contributed by atoms with Gasteiger partial charge in [0.15, 0.2) is 23.3 Å². The smallest absolute Gasteiger partial charge is 0.174 e. The number of hydrogen-bond donors (Lipinski definition) is 0. The summed E-state index contributed by atoms with van der Waals surface area (Å²) in [4.78, 5) is 0. The van der Waals surface area contributed by atoms with E-state index in [0.717, 1.165) is 38.0 Å². The fourth-order valence-corrected chi connectivity index (χ4v) is 5.74. The quantitative estimate of drug-likeness (QED) is 0.248. The number of halogens is 4. The predicted octanol–water partition coefficient (Wildman–Crippen LogP) is 8.22. The van der Waals surface area contributed by atoms with Crippen molar-refractivity contribution in [3.63, 3.8) is 0 Å². The zero-order chi connectivity index (χ0) is 23.5. The summed E-state index contributed by atoms with van der Waals surface area (Å²) >= 11 is 0. The molecular weight excluding hydrogens is 424 g/mol. The lowest BCUT2D eigenvalue weighted by Gasteiger charge is -2.42. The van der Waals surface area contributed by atoms with Gasteiger partial charge in [-0.1, -0.05) is 36.5 Å². The Bertz CT molecular complexity index is 1090. The van der Waals surface area contributed by atoms with Gasteiger partial charge in [0.2, 0.25) is 0 Å². The minimum atomic E-state index is -1.07. The van der Waals surface area contributed by atoms with Gasteiger partial charge in [0, 0.05) is 0 Å². The van der Waals surface area contributed by atoms with Crippen molar-refractivity contribution in [2.75, 3.05) is 0 Å². The Kier molecular flexibility index (Phi) is 7.27. The van der Waals surface area contributed by atoms with E-state index in [1.54, 1.807) is 6.07 Å². The van der Waals surface area contributed by atoms with E-state index < -0.39 is 23.3 Å². The van der Waals surface area contributed by atoms with E-state index in [2.05, 4.69) is 18.4 Å². The van der Waals surface area contributed by atoms with Gasteiger partial charge < -0.3 is 0 Å². The van der Waals surface area contributed by atoms with Gasteiger partial charge in [0.1, 0.15) is 0 Å². The molecule has 33 heavy (non-hydrogen) atoms. The van der Waals surface area contributed by atoms with Gasteiger partial charge in [0.25, 0.3) is 0 Å². The number of rotatable bonds is 4. The van der Waals surface area contributed by atoms with Crippen LogP contribution in [0.5, 0.6) is 0 Å². The summed E-state index contributed by atoms with van der Waals surface area (Å²) in [5.41, 5.74) is 0.259. The van der Waals surface area contributed by atoms with Gasteiger partial charge in [0.05, 0.1) is 11.1 Å². The van der Waals surface area contributed by atoms with Crippen molar-refractivity contribution in [2.24, 2.45) is 17.8 Å². The summed E-state index contributed by atoms with van der Waals surface area (Å²) in [5, 5.41) is 0. The molecular formula is C29H30F4. The summed E-state index contributed by atoms with van der Waals surface area (Å²) in [6.45, 7) is 5.27. The average molecular weight is 455 g/mol. The van der Waals surface area contributed by atoms with E-state index >= 15 is 4.39 Å². The van der Waals surface area contributed by atoms with Crippen molar-refractivity contribution < 1.29 is 17.6 Å². The second-order valence-corrected chi connectivity index (χ2v) is 9.71. The number of hydrogen-bond acceptors (Lipinski definition) is 0. The molecule has 0 aliphatic heterocycles. The number of benzene rings is 2. The van der Waals surface area contributed by atoms with E-state index in [9.17, 15) is 13.2 Å². The zero-order valence-electron chi connectivity index (χ0n) is 19.1. The van der Waals surface area contributed by atoms with Gasteiger partial charge in [-0.3, -0.25) is 0 Å². The fraction of sp³-hybridized carbons (Fsp3) is 0.448. The van der Waals surface area contributed by atoms with Crippen LogP contribution in [0.4, 0.5) is 17.6 Å². The van der Waals surface area contributed by atoms with Crippen molar-refractivity contribution in [1.82, 2.24) is 0 Å². The third-order valence-corrected chi connectivity index (χ3v) is 7.66. The molecule has 4 atom stereocenters. The lowest BCUT2D eigenvalue weighted by Crippen LogP contribution is -2.30. The topological polar surface area (TPSA) is 0 Å². The molecule has 0 amide bonds. The molecule has 174 valence electrons. The van der Waals surface area contributed by atoms with Crippen LogP contribution in [-0.4, -0.2) is 0 Å². The van der Waals surface area contributed by atoms with Gasteiger partial charge in [-0.2, -0.15) is 0 Å². The highest BCUT2D eigenvalue weighted by molar-refractivity contribution is 5.46. The second kappa shape index (κ2) is 10.2. The third kappa shape index (κ3) is 5.03. The molecule has 0 radical (unpaired) electrons. The largest absolute Gasteiger partial charge is 0.203 e. The van der Waals surface area contributed by atoms with Crippen LogP contribution in [-0.2, 0) is 0 Å². The van der Waals surface area contributed by atoms with E-state index in [1.165, 1.54) is 44.4 Å². The maximum atomic E-state index is 15.0. The normalized spacial score (nSPS) is 24.5. The molecule has 0 bridgehead atoms. The molecule has 0 N–H and O–H groups in total. The van der Waals surface area contributed by atoms with Crippen molar-refractivity contribution >= 4 is 0 Å². The van der Waals surface area contributed by atoms with Crippen molar-refractivity contribution in [3.8, 4) is 11.8 Å². The molecule has 0 nitrogen and oxygen atoms in total. The molecule has 4 rings (SSSR count). The molecule has 0 saturated heterocycles. The first-order chi connectivity index (χ1) is 15.9. The number of allylic oxidation sites excluding steroid dienone is 1. The molecule has 2 aromatic carbocycles. The molecule has 0 heterocycles. The highest BCUT2D eigenvalue weighted by Crippen LogP contribution is 2.48. The molecule has 2 fully saturated rings. The van der Waals surface area contributed by atoms with Crippen LogP contribution in [0.1, 0.15) is 79.5 Å². The van der Waals surface area contributed by atoms with Gasteiger partial charge in [-0.15, -0.1) is 6.58 Å². The number of fused-ring (bicyclic) bond motifs is 1. The first kappa shape index (κ1) is 23.6. The van der Waals surface area contributed by atoms with Crippen molar-refractivity contribution in [2.45, 2.75) is 64.2 Å². The maximum absolute atomic E-state index is 15.0. The maximum Gasteiger partial charge on any atom is 0.174 e. The Hall–Kier alpha value is -2.54. The first-order valence-corrected chi connectivity index (χ1v) is 11.9. The Balaban J connectivity index is 1.48. The van der Waals surface area contributed by atoms with Crippen LogP contribution >= 0.6 is 0 Å². The van der Waals surface area contributed by atoms with Crippen molar-refractivity contribution in [3.05, 3.63) is 82.4 Å². The summed E-state index contributed by atoms with van der Waals surface area (Å²) < 4.78 is 57.6. The highest BCUT2D eigenvalue weighted by atomic mass is 19.2. The second-order valence-electron chi connectivity index (χ2n) is 9.71. The molecule has 4 unspecified atom stereocenters. The molecule has 4 heteroatoms. The fourth-order valence-electron chi connectivity index (χ4n) is 5.74. The van der Waals surface area contributed by atoms with E-state index in [0.29, 0.717) is 17.4 Å². The molecule has 0 spiro atoms. The van der Waals surface area contributed by atoms with Crippen LogP contribution in [0.2, 0.25) is 0 Å². The van der Waals surface area contributed by atoms with Crippen LogP contribution in [0, 0.1) is 59.8 Å². The van der Waals surface area contributed by atoms with E-state index in [1.807, 2.05) is 6.08 Å². The summed E-state index contributed by atoms with van der Waals surface area (Å²) in [7, 11) is 0. The van der Waals surface area contributed by atoms with Gasteiger partial charge in [-0.05, 0) is 98.8 Å². The van der Waals surface area contributed by atoms with Gasteiger partial charge in [-0.25, -0.2) is 17.6 Å². The molecule has 2 aliphatic carbocycles. The third-order valence-electron chi connectivity index (χ3n) is 7.66.